The Labute approximate surface area is 157 Å². The Morgan fingerprint density at radius 3 is 2.77 bits per heavy atom. The Balaban J connectivity index is 1.53. The van der Waals surface area contributed by atoms with Gasteiger partial charge in [-0.05, 0) is 55.2 Å². The van der Waals surface area contributed by atoms with Crippen LogP contribution in [0.2, 0.25) is 5.02 Å². The first-order valence-electron chi connectivity index (χ1n) is 8.67. The van der Waals surface area contributed by atoms with Crippen molar-refractivity contribution in [2.75, 3.05) is 18.5 Å². The smallest absolute Gasteiger partial charge is 0.253 e. The molecule has 0 saturated carbocycles. The van der Waals surface area contributed by atoms with Crippen molar-refractivity contribution in [1.82, 2.24) is 5.32 Å². The summed E-state index contributed by atoms with van der Waals surface area (Å²) in [6.07, 6.45) is 1.93. The van der Waals surface area contributed by atoms with Crippen LogP contribution in [0.1, 0.15) is 28.8 Å². The average Bonchev–Trinajstić information content (AvgIpc) is 3.17. The van der Waals surface area contributed by atoms with Gasteiger partial charge in [0.2, 0.25) is 0 Å². The number of carbonyl (C=O) groups excluding carboxylic acids is 2. The maximum Gasteiger partial charge on any atom is 0.253 e. The van der Waals surface area contributed by atoms with Crippen molar-refractivity contribution in [1.29, 1.82) is 0 Å². The molecule has 26 heavy (non-hydrogen) atoms. The number of benzene rings is 2. The number of rotatable bonds is 6. The van der Waals surface area contributed by atoms with E-state index >= 15 is 0 Å². The summed E-state index contributed by atoms with van der Waals surface area (Å²) in [7, 11) is 0. The quantitative estimate of drug-likeness (QED) is 0.816. The van der Waals surface area contributed by atoms with Crippen molar-refractivity contribution in [3.8, 4) is 0 Å². The highest BCUT2D eigenvalue weighted by atomic mass is 35.5. The van der Waals surface area contributed by atoms with Gasteiger partial charge in [0.25, 0.3) is 11.8 Å². The second-order valence-corrected chi connectivity index (χ2v) is 6.64. The van der Waals surface area contributed by atoms with E-state index in [0.29, 0.717) is 35.8 Å². The van der Waals surface area contributed by atoms with E-state index in [9.17, 15) is 9.59 Å². The van der Waals surface area contributed by atoms with Crippen molar-refractivity contribution in [2.24, 2.45) is 0 Å². The minimum absolute atomic E-state index is 0.166. The molecule has 1 aliphatic rings. The molecule has 3 rings (SSSR count). The fourth-order valence-corrected chi connectivity index (χ4v) is 3.07. The Morgan fingerprint density at radius 2 is 2.00 bits per heavy atom. The number of nitrogens with one attached hydrogen (secondary N) is 2. The summed E-state index contributed by atoms with van der Waals surface area (Å²) >= 11 is 5.96. The van der Waals surface area contributed by atoms with E-state index in [1.165, 1.54) is 0 Å². The predicted molar refractivity (Wildman–Crippen MR) is 102 cm³/mol. The molecule has 2 aromatic rings. The van der Waals surface area contributed by atoms with Crippen LogP contribution >= 0.6 is 11.6 Å². The molecule has 2 aromatic carbocycles. The number of ether oxygens (including phenoxy) is 1. The molecule has 0 aromatic heterocycles. The van der Waals surface area contributed by atoms with E-state index in [-0.39, 0.29) is 11.8 Å². The molecule has 1 fully saturated rings. The van der Waals surface area contributed by atoms with E-state index in [2.05, 4.69) is 10.6 Å². The van der Waals surface area contributed by atoms with Gasteiger partial charge in [-0.25, -0.2) is 0 Å². The Morgan fingerprint density at radius 1 is 1.15 bits per heavy atom. The van der Waals surface area contributed by atoms with Gasteiger partial charge >= 0.3 is 0 Å². The first-order chi connectivity index (χ1) is 12.6. The fraction of sp³-hybridized carbons (Fsp3) is 0.300. The van der Waals surface area contributed by atoms with Crippen molar-refractivity contribution in [2.45, 2.75) is 25.4 Å². The maximum absolute atomic E-state index is 12.3. The van der Waals surface area contributed by atoms with Crippen LogP contribution in [0.3, 0.4) is 0 Å². The summed E-state index contributed by atoms with van der Waals surface area (Å²) in [6.45, 7) is 1.12. The SMILES string of the molecule is O=C(NCCc1cccc(Cl)c1)c1cccc(NC(=O)C2CCCO2)c1. The lowest BCUT2D eigenvalue weighted by Crippen LogP contribution is -2.28. The van der Waals surface area contributed by atoms with Crippen molar-refractivity contribution >= 4 is 29.1 Å². The third-order valence-electron chi connectivity index (χ3n) is 4.20. The molecule has 2 N–H and O–H groups in total. The lowest BCUT2D eigenvalue weighted by Gasteiger charge is -2.11. The lowest BCUT2D eigenvalue weighted by atomic mass is 10.1. The van der Waals surface area contributed by atoms with E-state index in [4.69, 9.17) is 16.3 Å². The summed E-state index contributed by atoms with van der Waals surface area (Å²) < 4.78 is 5.37. The third kappa shape index (κ3) is 5.07. The van der Waals surface area contributed by atoms with Crippen LogP contribution in [-0.4, -0.2) is 31.1 Å². The second kappa shape index (κ2) is 8.83. The molecule has 2 amide bonds. The molecule has 136 valence electrons. The highest BCUT2D eigenvalue weighted by Crippen LogP contribution is 2.16. The zero-order chi connectivity index (χ0) is 18.4. The van der Waals surface area contributed by atoms with Crippen LogP contribution in [0.25, 0.3) is 0 Å². The highest BCUT2D eigenvalue weighted by molar-refractivity contribution is 6.30. The highest BCUT2D eigenvalue weighted by Gasteiger charge is 2.23. The maximum atomic E-state index is 12.3. The number of hydrogen-bond acceptors (Lipinski definition) is 3. The first kappa shape index (κ1) is 18.4. The molecule has 6 heteroatoms. The number of hydrogen-bond donors (Lipinski definition) is 2. The minimum atomic E-state index is -0.398. The minimum Gasteiger partial charge on any atom is -0.368 e. The predicted octanol–water partition coefficient (Wildman–Crippen LogP) is 3.43. The second-order valence-electron chi connectivity index (χ2n) is 6.21. The van der Waals surface area contributed by atoms with Gasteiger partial charge in [0.05, 0.1) is 0 Å². The fourth-order valence-electron chi connectivity index (χ4n) is 2.86. The molecule has 1 unspecified atom stereocenters. The standard InChI is InChI=1S/C20H21ClN2O3/c21-16-6-1-4-14(12-16)9-10-22-19(24)15-5-2-7-17(13-15)23-20(25)18-8-3-11-26-18/h1-2,4-7,12-13,18H,3,8-11H2,(H,22,24)(H,23,25). The molecule has 0 spiro atoms. The Bertz CT molecular complexity index is 788. The zero-order valence-corrected chi connectivity index (χ0v) is 15.1. The number of anilines is 1. The monoisotopic (exact) mass is 372 g/mol. The topological polar surface area (TPSA) is 67.4 Å². The molecular formula is C20H21ClN2O3. The molecular weight excluding hydrogens is 352 g/mol. The van der Waals surface area contributed by atoms with Gasteiger partial charge in [-0.15, -0.1) is 0 Å². The van der Waals surface area contributed by atoms with Crippen LogP contribution in [0.15, 0.2) is 48.5 Å². The molecule has 0 bridgehead atoms. The van der Waals surface area contributed by atoms with E-state index < -0.39 is 6.10 Å². The van der Waals surface area contributed by atoms with Crippen LogP contribution in [0, 0.1) is 0 Å². The van der Waals surface area contributed by atoms with E-state index in [1.807, 2.05) is 24.3 Å². The molecule has 1 heterocycles. The van der Waals surface area contributed by atoms with Gasteiger partial charge in [-0.1, -0.05) is 29.8 Å². The van der Waals surface area contributed by atoms with Crippen LogP contribution in [0.4, 0.5) is 5.69 Å². The van der Waals surface area contributed by atoms with Crippen molar-refractivity contribution in [3.05, 3.63) is 64.7 Å². The molecule has 1 aliphatic heterocycles. The van der Waals surface area contributed by atoms with Gasteiger partial charge in [-0.2, -0.15) is 0 Å². The summed E-state index contributed by atoms with van der Waals surface area (Å²) in [6, 6.07) is 14.5. The summed E-state index contributed by atoms with van der Waals surface area (Å²) in [5.41, 5.74) is 2.16. The summed E-state index contributed by atoms with van der Waals surface area (Å²) in [5.74, 6) is -0.346. The van der Waals surface area contributed by atoms with Gasteiger partial charge in [-0.3, -0.25) is 9.59 Å². The largest absolute Gasteiger partial charge is 0.368 e. The summed E-state index contributed by atoms with van der Waals surface area (Å²) in [5, 5.41) is 6.38. The molecule has 0 radical (unpaired) electrons. The molecule has 0 aliphatic carbocycles. The van der Waals surface area contributed by atoms with Gasteiger partial charge in [0.15, 0.2) is 0 Å². The lowest BCUT2D eigenvalue weighted by molar-refractivity contribution is -0.124. The normalized spacial score (nSPS) is 16.3. The molecule has 1 atom stereocenters. The molecule has 5 nitrogen and oxygen atoms in total. The van der Waals surface area contributed by atoms with E-state index in [0.717, 1.165) is 18.4 Å². The van der Waals surface area contributed by atoms with Gasteiger partial charge in [0, 0.05) is 29.4 Å². The Kier molecular flexibility index (Phi) is 6.26. The van der Waals surface area contributed by atoms with Crippen molar-refractivity contribution in [3.63, 3.8) is 0 Å². The molecule has 1 saturated heterocycles. The van der Waals surface area contributed by atoms with Crippen LogP contribution in [0.5, 0.6) is 0 Å². The van der Waals surface area contributed by atoms with Gasteiger partial charge in [0.1, 0.15) is 6.10 Å². The van der Waals surface area contributed by atoms with Crippen LogP contribution < -0.4 is 10.6 Å². The first-order valence-corrected chi connectivity index (χ1v) is 9.05. The zero-order valence-electron chi connectivity index (χ0n) is 14.3. The van der Waals surface area contributed by atoms with Gasteiger partial charge < -0.3 is 15.4 Å². The third-order valence-corrected chi connectivity index (χ3v) is 4.44. The van der Waals surface area contributed by atoms with E-state index in [1.54, 1.807) is 24.3 Å². The average molecular weight is 373 g/mol. The number of halogens is 1. The van der Waals surface area contributed by atoms with Crippen molar-refractivity contribution < 1.29 is 14.3 Å². The van der Waals surface area contributed by atoms with Crippen LogP contribution in [-0.2, 0) is 16.0 Å². The Hall–Kier alpha value is -2.37. The number of amides is 2. The number of carbonyl (C=O) groups is 2. The summed E-state index contributed by atoms with van der Waals surface area (Å²) in [4.78, 5) is 24.4.